The van der Waals surface area contributed by atoms with Gasteiger partial charge in [-0.15, -0.1) is 0 Å². The van der Waals surface area contributed by atoms with Crippen molar-refractivity contribution < 1.29 is 4.74 Å². The summed E-state index contributed by atoms with van der Waals surface area (Å²) in [6, 6.07) is 6.03. The molecule has 0 unspecified atom stereocenters. The van der Waals surface area contributed by atoms with Crippen LogP contribution in [0.4, 0.5) is 5.69 Å². The molecular formula is C13H18ClNO. The highest BCUT2D eigenvalue weighted by atomic mass is 35.5. The molecule has 0 spiro atoms. The van der Waals surface area contributed by atoms with Crippen LogP contribution in [0.1, 0.15) is 25.7 Å². The molecule has 1 aromatic rings. The van der Waals surface area contributed by atoms with Gasteiger partial charge in [0, 0.05) is 24.8 Å². The molecule has 1 aliphatic heterocycles. The van der Waals surface area contributed by atoms with Gasteiger partial charge >= 0.3 is 0 Å². The van der Waals surface area contributed by atoms with Gasteiger partial charge in [-0.05, 0) is 25.0 Å². The maximum Gasteiger partial charge on any atom is 0.139 e. The first-order chi connectivity index (χ1) is 7.81. The molecule has 88 valence electrons. The van der Waals surface area contributed by atoms with Crippen molar-refractivity contribution in [3.8, 4) is 5.75 Å². The predicted octanol–water partition coefficient (Wildman–Crippen LogP) is 3.73. The summed E-state index contributed by atoms with van der Waals surface area (Å²) in [5.74, 6) is 0.767. The molecule has 0 radical (unpaired) electrons. The van der Waals surface area contributed by atoms with Crippen molar-refractivity contribution in [2.24, 2.45) is 0 Å². The Labute approximate surface area is 102 Å². The van der Waals surface area contributed by atoms with Crippen LogP contribution in [-0.2, 0) is 0 Å². The smallest absolute Gasteiger partial charge is 0.139 e. The van der Waals surface area contributed by atoms with Gasteiger partial charge in [0.2, 0.25) is 0 Å². The highest BCUT2D eigenvalue weighted by Gasteiger charge is 2.11. The second-order valence-electron chi connectivity index (χ2n) is 4.22. The van der Waals surface area contributed by atoms with Crippen LogP contribution in [0.2, 0.25) is 5.02 Å². The fourth-order valence-corrected chi connectivity index (χ4v) is 2.37. The van der Waals surface area contributed by atoms with E-state index in [0.29, 0.717) is 5.02 Å². The topological polar surface area (TPSA) is 12.5 Å². The Hall–Kier alpha value is -0.890. The summed E-state index contributed by atoms with van der Waals surface area (Å²) in [5.41, 5.74) is 1.23. The first-order valence-corrected chi connectivity index (χ1v) is 6.27. The maximum absolute atomic E-state index is 6.02. The molecule has 0 aromatic heterocycles. The Morgan fingerprint density at radius 1 is 1.12 bits per heavy atom. The highest BCUT2D eigenvalue weighted by Crippen LogP contribution is 2.30. The van der Waals surface area contributed by atoms with Gasteiger partial charge in [-0.2, -0.15) is 0 Å². The third-order valence-electron chi connectivity index (χ3n) is 3.11. The van der Waals surface area contributed by atoms with Crippen LogP contribution < -0.4 is 9.64 Å². The average molecular weight is 240 g/mol. The summed E-state index contributed by atoms with van der Waals surface area (Å²) in [6.07, 6.45) is 5.26. The quantitative estimate of drug-likeness (QED) is 0.780. The van der Waals surface area contributed by atoms with Gasteiger partial charge in [-0.1, -0.05) is 24.4 Å². The molecular weight excluding hydrogens is 222 g/mol. The zero-order chi connectivity index (χ0) is 11.4. The van der Waals surface area contributed by atoms with Gasteiger partial charge in [0.25, 0.3) is 0 Å². The third-order valence-corrected chi connectivity index (χ3v) is 3.42. The van der Waals surface area contributed by atoms with Crippen LogP contribution in [-0.4, -0.2) is 20.2 Å². The Balaban J connectivity index is 2.18. The first kappa shape index (κ1) is 11.6. The van der Waals surface area contributed by atoms with Gasteiger partial charge in [0.1, 0.15) is 5.75 Å². The van der Waals surface area contributed by atoms with Crippen molar-refractivity contribution in [1.82, 2.24) is 0 Å². The second-order valence-corrected chi connectivity index (χ2v) is 4.63. The number of nitrogens with zero attached hydrogens (tertiary/aromatic N) is 1. The number of benzene rings is 1. The lowest BCUT2D eigenvalue weighted by Gasteiger charge is -2.23. The predicted molar refractivity (Wildman–Crippen MR) is 68.7 cm³/mol. The molecule has 2 rings (SSSR count). The summed E-state index contributed by atoms with van der Waals surface area (Å²) in [4.78, 5) is 2.42. The molecule has 3 heteroatoms. The Morgan fingerprint density at radius 2 is 1.81 bits per heavy atom. The largest absolute Gasteiger partial charge is 0.495 e. The summed E-state index contributed by atoms with van der Waals surface area (Å²) in [7, 11) is 1.66. The van der Waals surface area contributed by atoms with Gasteiger partial charge in [-0.3, -0.25) is 0 Å². The van der Waals surface area contributed by atoms with Crippen LogP contribution in [0.3, 0.4) is 0 Å². The molecule has 1 heterocycles. The van der Waals surface area contributed by atoms with Crippen molar-refractivity contribution in [3.05, 3.63) is 23.2 Å². The molecule has 1 aliphatic rings. The van der Waals surface area contributed by atoms with Gasteiger partial charge < -0.3 is 9.64 Å². The van der Waals surface area contributed by atoms with Gasteiger partial charge in [-0.25, -0.2) is 0 Å². The average Bonchev–Trinajstić information content (AvgIpc) is 2.58. The Bertz CT molecular complexity index is 346. The minimum Gasteiger partial charge on any atom is -0.495 e. The van der Waals surface area contributed by atoms with E-state index in [1.54, 1.807) is 7.11 Å². The van der Waals surface area contributed by atoms with Gasteiger partial charge in [0.15, 0.2) is 0 Å². The molecule has 1 aromatic carbocycles. The summed E-state index contributed by atoms with van der Waals surface area (Å²) in [6.45, 7) is 2.29. The van der Waals surface area contributed by atoms with E-state index < -0.39 is 0 Å². The minimum absolute atomic E-state index is 0.682. The minimum atomic E-state index is 0.682. The number of rotatable bonds is 2. The molecule has 1 saturated heterocycles. The molecule has 16 heavy (non-hydrogen) atoms. The van der Waals surface area contributed by atoms with E-state index in [2.05, 4.69) is 11.0 Å². The van der Waals surface area contributed by atoms with Gasteiger partial charge in [0.05, 0.1) is 12.1 Å². The van der Waals surface area contributed by atoms with Crippen molar-refractivity contribution in [2.75, 3.05) is 25.1 Å². The standard InChI is InChI=1S/C13H18ClNO/c1-16-13-10-11(6-7-12(13)14)15-8-4-2-3-5-9-15/h6-7,10H,2-5,8-9H2,1H3. The van der Waals surface area contributed by atoms with E-state index in [1.165, 1.54) is 31.4 Å². The molecule has 0 saturated carbocycles. The van der Waals surface area contributed by atoms with E-state index >= 15 is 0 Å². The zero-order valence-electron chi connectivity index (χ0n) is 9.71. The van der Waals surface area contributed by atoms with E-state index in [-0.39, 0.29) is 0 Å². The summed E-state index contributed by atoms with van der Waals surface area (Å²) >= 11 is 6.02. The summed E-state index contributed by atoms with van der Waals surface area (Å²) in [5, 5.41) is 0.682. The van der Waals surface area contributed by atoms with Crippen LogP contribution in [0.5, 0.6) is 5.75 Å². The Kier molecular flexibility index (Phi) is 3.94. The lowest BCUT2D eigenvalue weighted by molar-refractivity contribution is 0.415. The van der Waals surface area contributed by atoms with E-state index in [9.17, 15) is 0 Å². The summed E-state index contributed by atoms with van der Waals surface area (Å²) < 4.78 is 5.25. The first-order valence-electron chi connectivity index (χ1n) is 5.90. The number of methoxy groups -OCH3 is 1. The second kappa shape index (κ2) is 5.44. The number of hydrogen-bond acceptors (Lipinski definition) is 2. The SMILES string of the molecule is COc1cc(N2CCCCCC2)ccc1Cl. The number of anilines is 1. The van der Waals surface area contributed by atoms with Crippen molar-refractivity contribution in [1.29, 1.82) is 0 Å². The van der Waals surface area contributed by atoms with E-state index in [0.717, 1.165) is 18.8 Å². The van der Waals surface area contributed by atoms with Crippen LogP contribution >= 0.6 is 11.6 Å². The number of halogens is 1. The van der Waals surface area contributed by atoms with Crippen molar-refractivity contribution >= 4 is 17.3 Å². The number of hydrogen-bond donors (Lipinski definition) is 0. The van der Waals surface area contributed by atoms with Crippen LogP contribution in [0.25, 0.3) is 0 Å². The molecule has 0 bridgehead atoms. The van der Waals surface area contributed by atoms with Crippen molar-refractivity contribution in [3.63, 3.8) is 0 Å². The normalized spacial score (nSPS) is 17.0. The third kappa shape index (κ3) is 2.62. The van der Waals surface area contributed by atoms with E-state index in [4.69, 9.17) is 16.3 Å². The lowest BCUT2D eigenvalue weighted by atomic mass is 10.2. The molecule has 2 nitrogen and oxygen atoms in total. The van der Waals surface area contributed by atoms with E-state index in [1.807, 2.05) is 12.1 Å². The van der Waals surface area contributed by atoms with Crippen molar-refractivity contribution in [2.45, 2.75) is 25.7 Å². The fraction of sp³-hybridized carbons (Fsp3) is 0.538. The molecule has 0 atom stereocenters. The molecule has 0 aliphatic carbocycles. The highest BCUT2D eigenvalue weighted by molar-refractivity contribution is 6.32. The fourth-order valence-electron chi connectivity index (χ4n) is 2.17. The lowest BCUT2D eigenvalue weighted by Crippen LogP contribution is -2.23. The van der Waals surface area contributed by atoms with Crippen LogP contribution in [0.15, 0.2) is 18.2 Å². The number of ether oxygens (including phenoxy) is 1. The molecule has 0 amide bonds. The monoisotopic (exact) mass is 239 g/mol. The molecule has 0 N–H and O–H groups in total. The van der Waals surface area contributed by atoms with Crippen LogP contribution in [0, 0.1) is 0 Å². The zero-order valence-corrected chi connectivity index (χ0v) is 10.5. The maximum atomic E-state index is 6.02. The Morgan fingerprint density at radius 3 is 2.44 bits per heavy atom. The molecule has 1 fully saturated rings.